The number of hydrogen-bond donors (Lipinski definition) is 0. The van der Waals surface area contributed by atoms with Crippen LogP contribution in [0.4, 0.5) is 13.2 Å². The number of hydrogen-bond acceptors (Lipinski definition) is 4. The number of nitrogens with zero attached hydrogens (tertiary/aromatic N) is 2. The fourth-order valence-electron chi connectivity index (χ4n) is 1.56. The topological polar surface area (TPSA) is 52.1 Å². The maximum absolute atomic E-state index is 12.5. The Kier molecular flexibility index (Phi) is 3.69. The average Bonchev–Trinajstić information content (AvgIpc) is 2.37. The van der Waals surface area contributed by atoms with Gasteiger partial charge in [0.1, 0.15) is 12.0 Å². The highest BCUT2D eigenvalue weighted by molar-refractivity contribution is 5.76. The van der Waals surface area contributed by atoms with E-state index in [9.17, 15) is 18.0 Å². The molecule has 0 saturated carbocycles. The van der Waals surface area contributed by atoms with E-state index in [-0.39, 0.29) is 5.75 Å². The number of rotatable bonds is 3. The summed E-state index contributed by atoms with van der Waals surface area (Å²) in [4.78, 5) is 17.6. The Labute approximate surface area is 112 Å². The standard InChI is InChI=1S/C13H9F3N2O2/c1-8-4-9(7-19)6-10(5-8)20-12-17-3-2-11(18-12)13(14,15)16/h2-7H,1H3. The van der Waals surface area contributed by atoms with Crippen molar-refractivity contribution in [2.24, 2.45) is 0 Å². The molecule has 0 radical (unpaired) electrons. The van der Waals surface area contributed by atoms with Gasteiger partial charge < -0.3 is 4.74 Å². The van der Waals surface area contributed by atoms with Gasteiger partial charge in [0, 0.05) is 11.8 Å². The van der Waals surface area contributed by atoms with Crippen molar-refractivity contribution in [2.75, 3.05) is 0 Å². The van der Waals surface area contributed by atoms with Crippen LogP contribution in [0.5, 0.6) is 11.8 Å². The Morgan fingerprint density at radius 2 is 2.00 bits per heavy atom. The Balaban J connectivity index is 2.30. The van der Waals surface area contributed by atoms with Crippen molar-refractivity contribution in [3.8, 4) is 11.8 Å². The molecular formula is C13H9F3N2O2. The van der Waals surface area contributed by atoms with Crippen LogP contribution in [0.15, 0.2) is 30.5 Å². The van der Waals surface area contributed by atoms with Crippen molar-refractivity contribution in [3.05, 3.63) is 47.3 Å². The summed E-state index contributed by atoms with van der Waals surface area (Å²) in [5, 5.41) is 0. The summed E-state index contributed by atoms with van der Waals surface area (Å²) in [5.41, 5.74) is -0.00526. The lowest BCUT2D eigenvalue weighted by Crippen LogP contribution is -2.08. The summed E-state index contributed by atoms with van der Waals surface area (Å²) in [5.74, 6) is 0.200. The van der Waals surface area contributed by atoms with Crippen LogP contribution in [0, 0.1) is 6.92 Å². The minimum Gasteiger partial charge on any atom is -0.424 e. The lowest BCUT2D eigenvalue weighted by atomic mass is 10.1. The van der Waals surface area contributed by atoms with Crippen LogP contribution in [-0.2, 0) is 6.18 Å². The Hall–Kier alpha value is -2.44. The van der Waals surface area contributed by atoms with Crippen LogP contribution >= 0.6 is 0 Å². The minimum absolute atomic E-state index is 0.200. The van der Waals surface area contributed by atoms with Crippen LogP contribution in [-0.4, -0.2) is 16.3 Å². The number of aryl methyl sites for hydroxylation is 1. The predicted octanol–water partition coefficient (Wildman–Crippen LogP) is 3.41. The summed E-state index contributed by atoms with van der Waals surface area (Å²) in [6.07, 6.45) is -2.99. The average molecular weight is 282 g/mol. The first-order valence-corrected chi connectivity index (χ1v) is 5.53. The molecule has 7 heteroatoms. The molecule has 4 nitrogen and oxygen atoms in total. The first-order valence-electron chi connectivity index (χ1n) is 5.53. The Morgan fingerprint density at radius 3 is 2.65 bits per heavy atom. The van der Waals surface area contributed by atoms with Gasteiger partial charge in [-0.3, -0.25) is 4.79 Å². The first kappa shape index (κ1) is 14.0. The Bertz CT molecular complexity index is 642. The van der Waals surface area contributed by atoms with Gasteiger partial charge in [-0.25, -0.2) is 4.98 Å². The first-order chi connectivity index (χ1) is 9.38. The number of benzene rings is 1. The normalized spacial score (nSPS) is 11.2. The van der Waals surface area contributed by atoms with Crippen LogP contribution < -0.4 is 4.74 Å². The van der Waals surface area contributed by atoms with Crippen LogP contribution in [0.2, 0.25) is 0 Å². The second-order valence-electron chi connectivity index (χ2n) is 4.02. The molecule has 104 valence electrons. The highest BCUT2D eigenvalue weighted by Crippen LogP contribution is 2.29. The lowest BCUT2D eigenvalue weighted by Gasteiger charge is -2.08. The van der Waals surface area contributed by atoms with Crippen molar-refractivity contribution in [3.63, 3.8) is 0 Å². The molecule has 0 fully saturated rings. The van der Waals surface area contributed by atoms with E-state index in [0.717, 1.165) is 17.8 Å². The summed E-state index contributed by atoms with van der Waals surface area (Å²) in [6.45, 7) is 1.73. The van der Waals surface area contributed by atoms with Crippen molar-refractivity contribution >= 4 is 6.29 Å². The van der Waals surface area contributed by atoms with Crippen LogP contribution in [0.3, 0.4) is 0 Å². The third kappa shape index (κ3) is 3.31. The molecule has 20 heavy (non-hydrogen) atoms. The SMILES string of the molecule is Cc1cc(C=O)cc(Oc2nccc(C(F)(F)F)n2)c1. The highest BCUT2D eigenvalue weighted by atomic mass is 19.4. The number of alkyl halides is 3. The maximum Gasteiger partial charge on any atom is 0.433 e. The molecule has 0 aliphatic heterocycles. The fourth-order valence-corrected chi connectivity index (χ4v) is 1.56. The van der Waals surface area contributed by atoms with Gasteiger partial charge in [-0.05, 0) is 36.8 Å². The Morgan fingerprint density at radius 1 is 1.25 bits per heavy atom. The van der Waals surface area contributed by atoms with Crippen molar-refractivity contribution in [1.29, 1.82) is 0 Å². The van der Waals surface area contributed by atoms with E-state index in [1.54, 1.807) is 19.1 Å². The van der Waals surface area contributed by atoms with E-state index in [1.807, 2.05) is 0 Å². The highest BCUT2D eigenvalue weighted by Gasteiger charge is 2.33. The van der Waals surface area contributed by atoms with E-state index < -0.39 is 17.9 Å². The summed E-state index contributed by atoms with van der Waals surface area (Å²) < 4.78 is 42.6. The minimum atomic E-state index is -4.57. The quantitative estimate of drug-likeness (QED) is 0.809. The summed E-state index contributed by atoms with van der Waals surface area (Å²) in [6, 6.07) is 4.90. The zero-order valence-electron chi connectivity index (χ0n) is 10.3. The van der Waals surface area contributed by atoms with Gasteiger partial charge in [0.2, 0.25) is 0 Å². The van der Waals surface area contributed by atoms with Crippen LogP contribution in [0.25, 0.3) is 0 Å². The molecule has 1 aromatic carbocycles. The molecule has 0 bridgehead atoms. The van der Waals surface area contributed by atoms with Gasteiger partial charge in [-0.2, -0.15) is 18.2 Å². The summed E-state index contributed by atoms with van der Waals surface area (Å²) in [7, 11) is 0. The number of carbonyl (C=O) groups is 1. The number of carbonyl (C=O) groups excluding carboxylic acids is 1. The molecule has 0 unspecified atom stereocenters. The van der Waals surface area contributed by atoms with E-state index >= 15 is 0 Å². The van der Waals surface area contributed by atoms with Gasteiger partial charge in [-0.1, -0.05) is 0 Å². The van der Waals surface area contributed by atoms with Gasteiger partial charge in [0.15, 0.2) is 5.69 Å². The zero-order chi connectivity index (χ0) is 14.8. The molecule has 0 aliphatic carbocycles. The molecule has 0 saturated heterocycles. The van der Waals surface area contributed by atoms with Gasteiger partial charge in [0.25, 0.3) is 0 Å². The molecular weight excluding hydrogens is 273 g/mol. The lowest BCUT2D eigenvalue weighted by molar-refractivity contribution is -0.141. The second-order valence-corrected chi connectivity index (χ2v) is 4.02. The predicted molar refractivity (Wildman–Crippen MR) is 63.7 cm³/mol. The number of halogens is 3. The maximum atomic E-state index is 12.5. The molecule has 1 aromatic heterocycles. The number of aromatic nitrogens is 2. The number of aldehydes is 1. The largest absolute Gasteiger partial charge is 0.433 e. The third-order valence-electron chi connectivity index (χ3n) is 2.34. The second kappa shape index (κ2) is 5.28. The smallest absolute Gasteiger partial charge is 0.424 e. The van der Waals surface area contributed by atoms with E-state index in [1.165, 1.54) is 6.07 Å². The van der Waals surface area contributed by atoms with Gasteiger partial charge >= 0.3 is 12.2 Å². The van der Waals surface area contributed by atoms with E-state index in [2.05, 4.69) is 9.97 Å². The summed E-state index contributed by atoms with van der Waals surface area (Å²) >= 11 is 0. The van der Waals surface area contributed by atoms with Gasteiger partial charge in [0.05, 0.1) is 0 Å². The molecule has 0 atom stereocenters. The third-order valence-corrected chi connectivity index (χ3v) is 2.34. The molecule has 0 aliphatic rings. The van der Waals surface area contributed by atoms with Gasteiger partial charge in [-0.15, -0.1) is 0 Å². The van der Waals surface area contributed by atoms with E-state index in [0.29, 0.717) is 11.8 Å². The number of ether oxygens (including phenoxy) is 1. The fraction of sp³-hybridized carbons (Fsp3) is 0.154. The van der Waals surface area contributed by atoms with E-state index in [4.69, 9.17) is 4.74 Å². The zero-order valence-corrected chi connectivity index (χ0v) is 10.3. The van der Waals surface area contributed by atoms with Crippen LogP contribution in [0.1, 0.15) is 21.6 Å². The van der Waals surface area contributed by atoms with Crippen molar-refractivity contribution in [2.45, 2.75) is 13.1 Å². The molecule has 0 spiro atoms. The molecule has 2 rings (SSSR count). The monoisotopic (exact) mass is 282 g/mol. The van der Waals surface area contributed by atoms with Crippen molar-refractivity contribution in [1.82, 2.24) is 9.97 Å². The molecule has 2 aromatic rings. The molecule has 0 amide bonds. The van der Waals surface area contributed by atoms with Crippen molar-refractivity contribution < 1.29 is 22.7 Å². The molecule has 0 N–H and O–H groups in total. The molecule has 1 heterocycles.